The summed E-state index contributed by atoms with van der Waals surface area (Å²) < 4.78 is 0. The van der Waals surface area contributed by atoms with Crippen LogP contribution in [-0.2, 0) is 0 Å². The summed E-state index contributed by atoms with van der Waals surface area (Å²) in [4.78, 5) is 0. The second kappa shape index (κ2) is 4.06. The molecular weight excluding hydrogens is 370 g/mol. The third kappa shape index (κ3) is 1.93. The van der Waals surface area contributed by atoms with E-state index in [0.717, 1.165) is 11.8 Å². The Hall–Kier alpha value is 1.05. The quantitative estimate of drug-likeness (QED) is 0.557. The molecule has 2 saturated carbocycles. The van der Waals surface area contributed by atoms with E-state index in [0.29, 0.717) is 5.41 Å². The van der Waals surface area contributed by atoms with Crippen molar-refractivity contribution >= 4 is 0 Å². The van der Waals surface area contributed by atoms with Crippen LogP contribution in [0.25, 0.3) is 0 Å². The topological polar surface area (TPSA) is 0 Å². The van der Waals surface area contributed by atoms with Crippen LogP contribution >= 0.6 is 0 Å². The van der Waals surface area contributed by atoms with Crippen LogP contribution in [0.4, 0.5) is 0 Å². The van der Waals surface area contributed by atoms with Crippen molar-refractivity contribution in [1.82, 2.24) is 0 Å². The van der Waals surface area contributed by atoms with Gasteiger partial charge in [0.05, 0.1) is 0 Å². The molecule has 1 heteroatoms. The standard InChI is InChI=1S/C11H19.U/c1-9-5-6-10-4-3-7-11(10,2)8-9;/h9-10H,2-8H2,1H3;/q-1;/t9?,10?,11-;/m0./s1. The molecule has 2 rings (SSSR count). The summed E-state index contributed by atoms with van der Waals surface area (Å²) in [5.74, 6) is 1.93. The van der Waals surface area contributed by atoms with Gasteiger partial charge in [0.2, 0.25) is 0 Å². The Balaban J connectivity index is 0.000000720. The Morgan fingerprint density at radius 3 is 2.75 bits per heavy atom. The van der Waals surface area contributed by atoms with Crippen LogP contribution in [0.2, 0.25) is 0 Å². The third-order valence-corrected chi connectivity index (χ3v) is 3.86. The molecule has 68 valence electrons. The van der Waals surface area contributed by atoms with Crippen molar-refractivity contribution in [3.8, 4) is 0 Å². The summed E-state index contributed by atoms with van der Waals surface area (Å²) in [6.45, 7) is 6.83. The Morgan fingerprint density at radius 2 is 2.00 bits per heavy atom. The molecule has 0 bridgehead atoms. The van der Waals surface area contributed by atoms with Crippen molar-refractivity contribution in [3.63, 3.8) is 0 Å². The fourth-order valence-corrected chi connectivity index (χ4v) is 3.21. The maximum atomic E-state index is 4.44. The number of hydrogen-bond donors (Lipinski definition) is 0. The van der Waals surface area contributed by atoms with Crippen LogP contribution < -0.4 is 0 Å². The molecule has 0 spiro atoms. The maximum Gasteiger partial charge on any atom is 0 e. The summed E-state index contributed by atoms with van der Waals surface area (Å²) in [6.07, 6.45) is 8.64. The molecular formula is C11H19U-. The van der Waals surface area contributed by atoms with Gasteiger partial charge in [-0.2, -0.15) is 5.41 Å². The molecule has 2 aliphatic carbocycles. The van der Waals surface area contributed by atoms with Crippen LogP contribution in [0.1, 0.15) is 45.4 Å². The van der Waals surface area contributed by atoms with Crippen LogP contribution in [0.5, 0.6) is 0 Å². The Kier molecular flexibility index (Phi) is 3.76. The molecule has 0 saturated heterocycles. The zero-order chi connectivity index (χ0) is 7.90. The molecule has 2 aliphatic rings. The minimum absolute atomic E-state index is 0. The summed E-state index contributed by atoms with van der Waals surface area (Å²) >= 11 is 0. The second-order valence-electron chi connectivity index (χ2n) is 4.84. The molecule has 2 fully saturated rings. The van der Waals surface area contributed by atoms with Gasteiger partial charge in [0.1, 0.15) is 0 Å². The smallest absolute Gasteiger partial charge is 0 e. The van der Waals surface area contributed by atoms with E-state index in [9.17, 15) is 0 Å². The number of rotatable bonds is 0. The molecule has 0 amide bonds. The molecule has 3 atom stereocenters. The molecule has 0 N–H and O–H groups in total. The van der Waals surface area contributed by atoms with Crippen molar-refractivity contribution < 1.29 is 31.1 Å². The van der Waals surface area contributed by atoms with Gasteiger partial charge in [0, 0.05) is 31.1 Å². The van der Waals surface area contributed by atoms with Gasteiger partial charge < -0.3 is 6.92 Å². The number of hydrogen-bond acceptors (Lipinski definition) is 0. The van der Waals surface area contributed by atoms with Crippen molar-refractivity contribution in [2.45, 2.75) is 45.4 Å². The van der Waals surface area contributed by atoms with Gasteiger partial charge in [-0.25, -0.2) is 0 Å². The van der Waals surface area contributed by atoms with Gasteiger partial charge in [0.25, 0.3) is 0 Å². The summed E-state index contributed by atoms with van der Waals surface area (Å²) in [6, 6.07) is 0. The fourth-order valence-electron chi connectivity index (χ4n) is 3.21. The zero-order valence-corrected chi connectivity index (χ0v) is 12.3. The van der Waals surface area contributed by atoms with Crippen molar-refractivity contribution in [2.75, 3.05) is 0 Å². The average molecular weight is 389 g/mol. The predicted molar refractivity (Wildman–Crippen MR) is 48.1 cm³/mol. The minimum atomic E-state index is 0. The van der Waals surface area contributed by atoms with Gasteiger partial charge in [0.15, 0.2) is 0 Å². The van der Waals surface area contributed by atoms with E-state index in [-0.39, 0.29) is 31.1 Å². The normalized spacial score (nSPS) is 46.5. The Bertz CT molecular complexity index is 155. The van der Waals surface area contributed by atoms with Gasteiger partial charge in [-0.1, -0.05) is 51.4 Å². The Labute approximate surface area is 100 Å². The Morgan fingerprint density at radius 1 is 1.25 bits per heavy atom. The van der Waals surface area contributed by atoms with Crippen molar-refractivity contribution in [3.05, 3.63) is 6.92 Å². The first kappa shape index (κ1) is 11.1. The van der Waals surface area contributed by atoms with E-state index in [4.69, 9.17) is 0 Å². The van der Waals surface area contributed by atoms with E-state index in [1.807, 2.05) is 0 Å². The average Bonchev–Trinajstić information content (AvgIpc) is 2.28. The van der Waals surface area contributed by atoms with Crippen LogP contribution in [0, 0.1) is 55.3 Å². The maximum absolute atomic E-state index is 4.44. The molecule has 0 heterocycles. The zero-order valence-electron chi connectivity index (χ0n) is 8.10. The first-order valence-electron chi connectivity index (χ1n) is 5.06. The van der Waals surface area contributed by atoms with Gasteiger partial charge >= 0.3 is 0 Å². The molecule has 0 aliphatic heterocycles. The summed E-state index contributed by atoms with van der Waals surface area (Å²) in [5.41, 5.74) is 0.512. The van der Waals surface area contributed by atoms with Crippen LogP contribution in [0.15, 0.2) is 0 Å². The van der Waals surface area contributed by atoms with Crippen molar-refractivity contribution in [1.29, 1.82) is 0 Å². The van der Waals surface area contributed by atoms with Crippen LogP contribution in [0.3, 0.4) is 0 Å². The molecule has 0 radical (unpaired) electrons. The summed E-state index contributed by atoms with van der Waals surface area (Å²) in [5, 5.41) is 0. The van der Waals surface area contributed by atoms with Crippen molar-refractivity contribution in [2.24, 2.45) is 17.3 Å². The molecule has 2 unspecified atom stereocenters. The first-order valence-corrected chi connectivity index (χ1v) is 5.06. The second-order valence-corrected chi connectivity index (χ2v) is 4.84. The van der Waals surface area contributed by atoms with E-state index in [1.165, 1.54) is 38.5 Å². The van der Waals surface area contributed by atoms with Crippen LogP contribution in [-0.4, -0.2) is 0 Å². The molecule has 12 heavy (non-hydrogen) atoms. The molecule has 0 aromatic rings. The largest absolute Gasteiger partial charge is 0.337 e. The van der Waals surface area contributed by atoms with E-state index in [1.54, 1.807) is 0 Å². The third-order valence-electron chi connectivity index (χ3n) is 3.86. The number of fused-ring (bicyclic) bond motifs is 1. The van der Waals surface area contributed by atoms with E-state index >= 15 is 0 Å². The molecule has 0 aromatic carbocycles. The minimum Gasteiger partial charge on any atom is -0.337 e. The summed E-state index contributed by atoms with van der Waals surface area (Å²) in [7, 11) is 0. The van der Waals surface area contributed by atoms with Gasteiger partial charge in [-0.05, 0) is 5.92 Å². The SMILES string of the molecule is [CH2-][C@@]12CCCC1CCC(C)C2.[U]. The first-order chi connectivity index (χ1) is 5.21. The molecule has 0 aromatic heterocycles. The molecule has 0 nitrogen and oxygen atoms in total. The van der Waals surface area contributed by atoms with Gasteiger partial charge in [-0.15, -0.1) is 0 Å². The van der Waals surface area contributed by atoms with E-state index in [2.05, 4.69) is 13.8 Å². The van der Waals surface area contributed by atoms with E-state index < -0.39 is 0 Å². The fraction of sp³-hybridized carbons (Fsp3) is 0.909. The van der Waals surface area contributed by atoms with Gasteiger partial charge in [-0.3, -0.25) is 0 Å². The predicted octanol–water partition coefficient (Wildman–Crippen LogP) is 3.43. The monoisotopic (exact) mass is 389 g/mol.